The van der Waals surface area contributed by atoms with Crippen LogP contribution in [-0.2, 0) is 15.6 Å². The van der Waals surface area contributed by atoms with Crippen LogP contribution in [0.25, 0.3) is 0 Å². The highest BCUT2D eigenvalue weighted by Crippen LogP contribution is 2.28. The largest absolute Gasteiger partial charge is 0.481 e. The molecule has 0 fully saturated rings. The topological polar surface area (TPSA) is 161 Å². The number of hydrogen-bond donors (Lipinski definition) is 4. The predicted octanol–water partition coefficient (Wildman–Crippen LogP) is 2.56. The minimum absolute atomic E-state index is 0.0752. The lowest BCUT2D eigenvalue weighted by atomic mass is 10.1. The molecule has 0 aliphatic heterocycles. The first-order valence-electron chi connectivity index (χ1n) is 9.47. The molecule has 0 saturated carbocycles. The van der Waals surface area contributed by atoms with Gasteiger partial charge in [-0.25, -0.2) is 4.99 Å². The van der Waals surface area contributed by atoms with E-state index < -0.39 is 22.0 Å². The summed E-state index contributed by atoms with van der Waals surface area (Å²) < 4.78 is 13.0. The number of aromatic nitrogens is 1. The van der Waals surface area contributed by atoms with E-state index in [2.05, 4.69) is 15.3 Å². The first-order valence-corrected chi connectivity index (χ1v) is 10.7. The number of anilines is 1. The third-order valence-corrected chi connectivity index (χ3v) is 6.10. The zero-order valence-electron chi connectivity index (χ0n) is 16.8. The number of hydrogen-bond acceptors (Lipinski definition) is 5. The fourth-order valence-corrected chi connectivity index (χ4v) is 4.33. The maximum Gasteiger partial charge on any atom is 0.304 e. The van der Waals surface area contributed by atoms with Crippen LogP contribution >= 0.6 is 0 Å². The summed E-state index contributed by atoms with van der Waals surface area (Å²) in [6.07, 6.45) is 2.78. The van der Waals surface area contributed by atoms with E-state index in [4.69, 9.17) is 11.5 Å². The first-order chi connectivity index (χ1) is 15.3. The van der Waals surface area contributed by atoms with Gasteiger partial charge in [0, 0.05) is 28.5 Å². The molecule has 0 aliphatic carbocycles. The van der Waals surface area contributed by atoms with Gasteiger partial charge < -0.3 is 21.9 Å². The zero-order chi connectivity index (χ0) is 23.1. The van der Waals surface area contributed by atoms with Gasteiger partial charge in [-0.1, -0.05) is 6.07 Å². The molecule has 3 rings (SSSR count). The zero-order valence-corrected chi connectivity index (χ0v) is 17.7. The van der Waals surface area contributed by atoms with Crippen molar-refractivity contribution in [2.75, 3.05) is 5.32 Å². The summed E-state index contributed by atoms with van der Waals surface area (Å²) >= 11 is 0. The van der Waals surface area contributed by atoms with E-state index in [0.717, 1.165) is 0 Å². The molecule has 2 atom stereocenters. The molecule has 10 heteroatoms. The van der Waals surface area contributed by atoms with Gasteiger partial charge >= 0.3 is 5.97 Å². The van der Waals surface area contributed by atoms with Gasteiger partial charge in [0.15, 0.2) is 5.96 Å². The number of rotatable bonds is 8. The van der Waals surface area contributed by atoms with Crippen molar-refractivity contribution in [3.8, 4) is 0 Å². The first kappa shape index (κ1) is 22.6. The lowest BCUT2D eigenvalue weighted by Crippen LogP contribution is -2.21. The molecule has 1 heterocycles. The third kappa shape index (κ3) is 5.99. The summed E-state index contributed by atoms with van der Waals surface area (Å²) in [5, 5.41) is 11.2. The highest BCUT2D eigenvalue weighted by molar-refractivity contribution is 7.85. The van der Waals surface area contributed by atoms with E-state index in [0.29, 0.717) is 27.4 Å². The number of nitrogens with two attached hydrogens (primary N) is 2. The highest BCUT2D eigenvalue weighted by Gasteiger charge is 2.24. The van der Waals surface area contributed by atoms with Crippen LogP contribution in [0.4, 0.5) is 11.4 Å². The molecule has 2 unspecified atom stereocenters. The molecular formula is C22H21N5O4S. The monoisotopic (exact) mass is 451 g/mol. The fraction of sp³-hybridized carbons (Fsp3) is 0.0909. The van der Waals surface area contributed by atoms with Crippen molar-refractivity contribution in [2.45, 2.75) is 16.6 Å². The number of carbonyl (C=O) groups excluding carboxylic acids is 1. The van der Waals surface area contributed by atoms with E-state index in [1.807, 2.05) is 0 Å². The molecule has 0 spiro atoms. The molecule has 0 aliphatic rings. The van der Waals surface area contributed by atoms with Crippen molar-refractivity contribution in [3.63, 3.8) is 0 Å². The minimum atomic E-state index is -1.62. The normalized spacial score (nSPS) is 12.4. The Labute approximate surface area is 186 Å². The Balaban J connectivity index is 1.72. The molecule has 1 amide bonds. The average molecular weight is 452 g/mol. The SMILES string of the molecule is NC(N)=Nc1ccc(C(=O)Nc2ccc(S(=O)C(CC(=O)O)c3cccnc3)cc2)cc1. The summed E-state index contributed by atoms with van der Waals surface area (Å²) in [5.41, 5.74) is 12.7. The van der Waals surface area contributed by atoms with E-state index in [9.17, 15) is 18.9 Å². The quantitative estimate of drug-likeness (QED) is 0.302. The van der Waals surface area contributed by atoms with Gasteiger partial charge in [-0.3, -0.25) is 18.8 Å². The predicted molar refractivity (Wildman–Crippen MR) is 122 cm³/mol. The van der Waals surface area contributed by atoms with Gasteiger partial charge in [0.1, 0.15) is 0 Å². The lowest BCUT2D eigenvalue weighted by molar-refractivity contribution is -0.137. The molecule has 6 N–H and O–H groups in total. The third-order valence-electron chi connectivity index (χ3n) is 4.41. The molecule has 0 saturated heterocycles. The lowest BCUT2D eigenvalue weighted by Gasteiger charge is -2.15. The van der Waals surface area contributed by atoms with E-state index in [1.165, 1.54) is 6.20 Å². The van der Waals surface area contributed by atoms with Gasteiger partial charge in [0.25, 0.3) is 5.91 Å². The van der Waals surface area contributed by atoms with Gasteiger partial charge in [-0.05, 0) is 60.2 Å². The second-order valence-electron chi connectivity index (χ2n) is 6.73. The summed E-state index contributed by atoms with van der Waals surface area (Å²) in [6, 6.07) is 16.2. The van der Waals surface area contributed by atoms with Crippen molar-refractivity contribution in [3.05, 3.63) is 84.2 Å². The Bertz CT molecular complexity index is 1150. The number of carbonyl (C=O) groups is 2. The Morgan fingerprint density at radius 2 is 1.75 bits per heavy atom. The number of carboxylic acids is 1. The standard InChI is InChI=1S/C22H21N5O4S/c23-22(24)27-17-5-3-14(4-6-17)21(30)26-16-7-9-18(10-8-16)32(31)19(12-20(28)29)15-2-1-11-25-13-15/h1-11,13,19H,12H2,(H,26,30)(H,28,29)(H4,23,24,27). The van der Waals surface area contributed by atoms with Crippen LogP contribution in [0.2, 0.25) is 0 Å². The molecular weight excluding hydrogens is 430 g/mol. The number of guanidine groups is 1. The summed E-state index contributed by atoms with van der Waals surface area (Å²) in [5.74, 6) is -1.47. The van der Waals surface area contributed by atoms with Crippen LogP contribution in [0.1, 0.15) is 27.6 Å². The van der Waals surface area contributed by atoms with Crippen LogP contribution in [0.5, 0.6) is 0 Å². The fourth-order valence-electron chi connectivity index (χ4n) is 2.92. The molecule has 3 aromatic rings. The highest BCUT2D eigenvalue weighted by atomic mass is 32.2. The van der Waals surface area contributed by atoms with Crippen LogP contribution < -0.4 is 16.8 Å². The summed E-state index contributed by atoms with van der Waals surface area (Å²) in [4.78, 5) is 32.1. The van der Waals surface area contributed by atoms with Crippen molar-refractivity contribution >= 4 is 40.0 Å². The van der Waals surface area contributed by atoms with Crippen molar-refractivity contribution in [1.29, 1.82) is 0 Å². The summed E-state index contributed by atoms with van der Waals surface area (Å²) in [6.45, 7) is 0. The van der Waals surface area contributed by atoms with Crippen molar-refractivity contribution in [1.82, 2.24) is 4.98 Å². The Morgan fingerprint density at radius 3 is 2.31 bits per heavy atom. The van der Waals surface area contributed by atoms with Crippen LogP contribution in [0.3, 0.4) is 0 Å². The number of aliphatic imine (C=N–C) groups is 1. The molecule has 1 aromatic heterocycles. The van der Waals surface area contributed by atoms with E-state index in [-0.39, 0.29) is 18.3 Å². The van der Waals surface area contributed by atoms with Gasteiger partial charge in [-0.15, -0.1) is 0 Å². The van der Waals surface area contributed by atoms with E-state index in [1.54, 1.807) is 66.9 Å². The van der Waals surface area contributed by atoms with Gasteiger partial charge in [-0.2, -0.15) is 0 Å². The second-order valence-corrected chi connectivity index (χ2v) is 8.37. The number of amides is 1. The molecule has 0 bridgehead atoms. The van der Waals surface area contributed by atoms with E-state index >= 15 is 0 Å². The number of pyridine rings is 1. The summed E-state index contributed by atoms with van der Waals surface area (Å²) in [7, 11) is -1.62. The average Bonchev–Trinajstić information content (AvgIpc) is 2.78. The number of benzene rings is 2. The maximum atomic E-state index is 13.0. The molecule has 0 radical (unpaired) electrons. The number of aliphatic carboxylic acids is 1. The Morgan fingerprint density at radius 1 is 1.06 bits per heavy atom. The van der Waals surface area contributed by atoms with Gasteiger partial charge in [0.2, 0.25) is 0 Å². The molecule has 32 heavy (non-hydrogen) atoms. The van der Waals surface area contributed by atoms with Crippen molar-refractivity contribution < 1.29 is 18.9 Å². The van der Waals surface area contributed by atoms with Gasteiger partial charge in [0.05, 0.1) is 28.2 Å². The van der Waals surface area contributed by atoms with Crippen molar-refractivity contribution in [2.24, 2.45) is 16.5 Å². The Hall–Kier alpha value is -4.05. The molecule has 9 nitrogen and oxygen atoms in total. The Kier molecular flexibility index (Phi) is 7.29. The number of nitrogens with zero attached hydrogens (tertiary/aromatic N) is 2. The maximum absolute atomic E-state index is 13.0. The van der Waals surface area contributed by atoms with Crippen LogP contribution in [-0.4, -0.2) is 32.1 Å². The van der Waals surface area contributed by atoms with Crippen LogP contribution in [0, 0.1) is 0 Å². The smallest absolute Gasteiger partial charge is 0.304 e. The van der Waals surface area contributed by atoms with Crippen LogP contribution in [0.15, 0.2) is 82.9 Å². The molecule has 2 aromatic carbocycles. The number of nitrogens with one attached hydrogen (secondary N) is 1. The minimum Gasteiger partial charge on any atom is -0.481 e. The molecule has 164 valence electrons. The second kappa shape index (κ2) is 10.3. The number of carboxylic acid groups (broad SMARTS) is 1.